The van der Waals surface area contributed by atoms with Crippen LogP contribution < -0.4 is 4.74 Å². The number of aromatic nitrogens is 2. The molecule has 4 heterocycles. The Balaban J connectivity index is 1.44. The van der Waals surface area contributed by atoms with Crippen molar-refractivity contribution >= 4 is 11.4 Å². The smallest absolute Gasteiger partial charge is 0.255 e. The Morgan fingerprint density at radius 3 is 3.00 bits per heavy atom. The van der Waals surface area contributed by atoms with Gasteiger partial charge in [-0.3, -0.25) is 4.79 Å². The van der Waals surface area contributed by atoms with Crippen molar-refractivity contribution in [2.75, 3.05) is 13.1 Å². The first kappa shape index (κ1) is 14.8. The molecule has 3 aromatic rings. The Morgan fingerprint density at radius 1 is 1.29 bits per heavy atom. The average molecular weight is 321 g/mol. The number of ether oxygens (including phenoxy) is 1. The Labute approximate surface area is 140 Å². The predicted molar refractivity (Wildman–Crippen MR) is 91.3 cm³/mol. The standard InChI is InChI=1S/C19H19N3O2/c1-14-5-6-18(20-11-14)24-17-7-9-22(13-17)19(23)15-10-16-4-2-3-8-21(16)12-15/h2-6,8,10-12,17H,7,9,13H2,1H3. The Hall–Kier alpha value is -2.82. The van der Waals surface area contributed by atoms with Gasteiger partial charge in [0.1, 0.15) is 6.10 Å². The minimum absolute atomic E-state index is 0.00110. The maximum Gasteiger partial charge on any atom is 0.255 e. The van der Waals surface area contributed by atoms with E-state index in [4.69, 9.17) is 4.74 Å². The summed E-state index contributed by atoms with van der Waals surface area (Å²) in [5, 5.41) is 0. The summed E-state index contributed by atoms with van der Waals surface area (Å²) >= 11 is 0. The number of aryl methyl sites for hydroxylation is 1. The SMILES string of the molecule is Cc1ccc(OC2CCN(C(=O)c3cc4ccccn4c3)C2)nc1. The van der Waals surface area contributed by atoms with Crippen molar-refractivity contribution in [2.24, 2.45) is 0 Å². The summed E-state index contributed by atoms with van der Waals surface area (Å²) in [5.41, 5.74) is 2.85. The maximum absolute atomic E-state index is 12.7. The van der Waals surface area contributed by atoms with Crippen LogP contribution in [-0.2, 0) is 0 Å². The first-order valence-corrected chi connectivity index (χ1v) is 8.14. The topological polar surface area (TPSA) is 46.8 Å². The molecule has 0 radical (unpaired) electrons. The molecule has 1 fully saturated rings. The highest BCUT2D eigenvalue weighted by molar-refractivity contribution is 5.95. The molecule has 1 amide bonds. The molecule has 0 N–H and O–H groups in total. The second kappa shape index (κ2) is 6.00. The van der Waals surface area contributed by atoms with Gasteiger partial charge in [-0.1, -0.05) is 12.1 Å². The van der Waals surface area contributed by atoms with E-state index in [1.807, 2.05) is 65.0 Å². The Morgan fingerprint density at radius 2 is 2.21 bits per heavy atom. The molecule has 0 bridgehead atoms. The summed E-state index contributed by atoms with van der Waals surface area (Å²) < 4.78 is 7.86. The van der Waals surface area contributed by atoms with Crippen molar-refractivity contribution < 1.29 is 9.53 Å². The summed E-state index contributed by atoms with van der Waals surface area (Å²) in [6, 6.07) is 11.7. The van der Waals surface area contributed by atoms with E-state index in [0.29, 0.717) is 19.0 Å². The van der Waals surface area contributed by atoms with E-state index in [1.165, 1.54) is 0 Å². The number of likely N-dealkylation sites (tertiary alicyclic amines) is 1. The lowest BCUT2D eigenvalue weighted by molar-refractivity contribution is 0.0771. The van der Waals surface area contributed by atoms with Crippen LogP contribution in [0.4, 0.5) is 0 Å². The zero-order valence-corrected chi connectivity index (χ0v) is 13.6. The number of fused-ring (bicyclic) bond motifs is 1. The normalized spacial score (nSPS) is 17.4. The molecular weight excluding hydrogens is 302 g/mol. The quantitative estimate of drug-likeness (QED) is 0.745. The van der Waals surface area contributed by atoms with Gasteiger partial charge in [0.05, 0.1) is 12.1 Å². The van der Waals surface area contributed by atoms with E-state index in [-0.39, 0.29) is 12.0 Å². The molecule has 122 valence electrons. The minimum Gasteiger partial charge on any atom is -0.472 e. The molecule has 1 saturated heterocycles. The van der Waals surface area contributed by atoms with E-state index in [1.54, 1.807) is 6.20 Å². The fourth-order valence-electron chi connectivity index (χ4n) is 3.06. The third-order valence-corrected chi connectivity index (χ3v) is 4.36. The van der Waals surface area contributed by atoms with Crippen molar-refractivity contribution in [3.05, 3.63) is 66.1 Å². The van der Waals surface area contributed by atoms with E-state index < -0.39 is 0 Å². The number of carbonyl (C=O) groups excluding carboxylic acids is 1. The largest absolute Gasteiger partial charge is 0.472 e. The molecule has 1 aliphatic rings. The van der Waals surface area contributed by atoms with Crippen LogP contribution in [0.2, 0.25) is 0 Å². The number of amides is 1. The zero-order valence-electron chi connectivity index (χ0n) is 13.6. The number of nitrogens with zero attached hydrogens (tertiary/aromatic N) is 3. The summed E-state index contributed by atoms with van der Waals surface area (Å²) in [6.45, 7) is 3.30. The van der Waals surface area contributed by atoms with Crippen molar-refractivity contribution in [3.63, 3.8) is 0 Å². The van der Waals surface area contributed by atoms with Gasteiger partial charge < -0.3 is 14.0 Å². The average Bonchev–Trinajstić information content (AvgIpc) is 3.23. The number of carbonyl (C=O) groups is 1. The highest BCUT2D eigenvalue weighted by atomic mass is 16.5. The predicted octanol–water partition coefficient (Wildman–Crippen LogP) is 2.94. The van der Waals surface area contributed by atoms with Gasteiger partial charge in [-0.2, -0.15) is 0 Å². The first-order chi connectivity index (χ1) is 11.7. The van der Waals surface area contributed by atoms with E-state index >= 15 is 0 Å². The molecule has 0 aliphatic carbocycles. The lowest BCUT2D eigenvalue weighted by atomic mass is 10.3. The van der Waals surface area contributed by atoms with Gasteiger partial charge in [-0.15, -0.1) is 0 Å². The van der Waals surface area contributed by atoms with Gasteiger partial charge in [0.25, 0.3) is 5.91 Å². The van der Waals surface area contributed by atoms with Crippen molar-refractivity contribution in [1.29, 1.82) is 0 Å². The van der Waals surface area contributed by atoms with Crippen molar-refractivity contribution in [1.82, 2.24) is 14.3 Å². The van der Waals surface area contributed by atoms with Crippen molar-refractivity contribution in [3.8, 4) is 5.88 Å². The molecule has 1 unspecified atom stereocenters. The minimum atomic E-state index is 0.00110. The van der Waals surface area contributed by atoms with E-state index in [9.17, 15) is 4.79 Å². The summed E-state index contributed by atoms with van der Waals surface area (Å²) in [5.74, 6) is 0.677. The van der Waals surface area contributed by atoms with Crippen LogP contribution in [-0.4, -0.2) is 39.4 Å². The van der Waals surface area contributed by atoms with Gasteiger partial charge in [0.2, 0.25) is 5.88 Å². The van der Waals surface area contributed by atoms with Crippen molar-refractivity contribution in [2.45, 2.75) is 19.4 Å². The number of pyridine rings is 2. The first-order valence-electron chi connectivity index (χ1n) is 8.14. The molecule has 1 aliphatic heterocycles. The van der Waals surface area contributed by atoms with Crippen LogP contribution in [0.1, 0.15) is 22.3 Å². The maximum atomic E-state index is 12.7. The monoisotopic (exact) mass is 321 g/mol. The second-order valence-corrected chi connectivity index (χ2v) is 6.22. The lowest BCUT2D eigenvalue weighted by Crippen LogP contribution is -2.30. The van der Waals surface area contributed by atoms with Gasteiger partial charge in [0.15, 0.2) is 0 Å². The van der Waals surface area contributed by atoms with Crippen LogP contribution in [0.3, 0.4) is 0 Å². The van der Waals surface area contributed by atoms with Crippen LogP contribution in [0.15, 0.2) is 55.0 Å². The fourth-order valence-corrected chi connectivity index (χ4v) is 3.06. The molecule has 24 heavy (non-hydrogen) atoms. The van der Waals surface area contributed by atoms with E-state index in [0.717, 1.165) is 23.1 Å². The Bertz CT molecular complexity index is 837. The zero-order chi connectivity index (χ0) is 16.5. The molecule has 5 nitrogen and oxygen atoms in total. The molecule has 3 aromatic heterocycles. The third-order valence-electron chi connectivity index (χ3n) is 4.36. The van der Waals surface area contributed by atoms with Gasteiger partial charge >= 0.3 is 0 Å². The Kier molecular flexibility index (Phi) is 3.69. The summed E-state index contributed by atoms with van der Waals surface area (Å²) in [7, 11) is 0. The van der Waals surface area contributed by atoms with E-state index in [2.05, 4.69) is 4.98 Å². The van der Waals surface area contributed by atoms with Crippen LogP contribution >= 0.6 is 0 Å². The lowest BCUT2D eigenvalue weighted by Gasteiger charge is -2.16. The molecular formula is C19H19N3O2. The third kappa shape index (κ3) is 2.85. The number of hydrogen-bond donors (Lipinski definition) is 0. The second-order valence-electron chi connectivity index (χ2n) is 6.22. The highest BCUT2D eigenvalue weighted by Crippen LogP contribution is 2.20. The molecule has 0 spiro atoms. The van der Waals surface area contributed by atoms with Crippen LogP contribution in [0, 0.1) is 6.92 Å². The highest BCUT2D eigenvalue weighted by Gasteiger charge is 2.29. The molecule has 0 aromatic carbocycles. The van der Waals surface area contributed by atoms with Crippen LogP contribution in [0.5, 0.6) is 5.88 Å². The van der Waals surface area contributed by atoms with Crippen LogP contribution in [0.25, 0.3) is 5.52 Å². The van der Waals surface area contributed by atoms with Gasteiger partial charge in [-0.05, 0) is 30.7 Å². The molecule has 4 rings (SSSR count). The summed E-state index contributed by atoms with van der Waals surface area (Å²) in [6.07, 6.45) is 6.45. The fraction of sp³-hybridized carbons (Fsp3) is 0.263. The number of hydrogen-bond acceptors (Lipinski definition) is 3. The molecule has 1 atom stereocenters. The molecule has 0 saturated carbocycles. The van der Waals surface area contributed by atoms with Gasteiger partial charge in [-0.25, -0.2) is 4.98 Å². The molecule has 5 heteroatoms. The number of rotatable bonds is 3. The van der Waals surface area contributed by atoms with Gasteiger partial charge in [0, 0.05) is 43.1 Å². The summed E-state index contributed by atoms with van der Waals surface area (Å²) in [4.78, 5) is 18.8.